The van der Waals surface area contributed by atoms with E-state index in [-0.39, 0.29) is 11.5 Å². The summed E-state index contributed by atoms with van der Waals surface area (Å²) in [5.74, 6) is 0.0242. The standard InChI is InChI=1S/C12H15N5O4/c13-4-12(10(20)9(19)7(3-18)21-12)8-2-1-6(17-8)11(15)16-5-14/h1-2,5,7,9-10,17-20H,3H2,(H3,14,15,16)/t7-,9-,10-,12+/m1/s1. The number of aliphatic hydroxyl groups excluding tert-OH is 3. The van der Waals surface area contributed by atoms with Crippen LogP contribution in [0.4, 0.5) is 0 Å². The van der Waals surface area contributed by atoms with Gasteiger partial charge in [-0.3, -0.25) is 5.41 Å². The van der Waals surface area contributed by atoms with Crippen LogP contribution in [0.3, 0.4) is 0 Å². The van der Waals surface area contributed by atoms with Crippen LogP contribution < -0.4 is 5.73 Å². The van der Waals surface area contributed by atoms with Gasteiger partial charge in [0.05, 0.1) is 18.0 Å². The molecule has 9 heteroatoms. The van der Waals surface area contributed by atoms with E-state index in [1.165, 1.54) is 12.1 Å². The number of aliphatic hydroxyl groups is 3. The third-order valence-corrected chi connectivity index (χ3v) is 3.37. The van der Waals surface area contributed by atoms with Crippen molar-refractivity contribution in [3.8, 4) is 6.07 Å². The molecule has 0 spiro atoms. The predicted octanol–water partition coefficient (Wildman–Crippen LogP) is -1.84. The van der Waals surface area contributed by atoms with E-state index in [4.69, 9.17) is 21.0 Å². The maximum Gasteiger partial charge on any atom is 0.223 e. The highest BCUT2D eigenvalue weighted by Crippen LogP contribution is 2.38. The van der Waals surface area contributed by atoms with E-state index >= 15 is 0 Å². The van der Waals surface area contributed by atoms with Crippen molar-refractivity contribution in [3.05, 3.63) is 23.5 Å². The molecule has 0 unspecified atom stereocenters. The Hall–Kier alpha value is -2.25. The van der Waals surface area contributed by atoms with E-state index in [2.05, 4.69) is 9.98 Å². The van der Waals surface area contributed by atoms with Gasteiger partial charge < -0.3 is 30.8 Å². The van der Waals surface area contributed by atoms with Crippen LogP contribution in [0.15, 0.2) is 17.1 Å². The van der Waals surface area contributed by atoms with Gasteiger partial charge in [-0.1, -0.05) is 0 Å². The molecule has 0 amide bonds. The summed E-state index contributed by atoms with van der Waals surface area (Å²) < 4.78 is 5.34. The summed E-state index contributed by atoms with van der Waals surface area (Å²) in [6, 6.07) is 4.79. The van der Waals surface area contributed by atoms with Crippen molar-refractivity contribution >= 4 is 12.2 Å². The molecule has 0 bridgehead atoms. The number of hydrogen-bond donors (Lipinski definition) is 6. The molecule has 4 atom stereocenters. The normalized spacial score (nSPS) is 32.9. The van der Waals surface area contributed by atoms with Crippen LogP contribution in [0, 0.1) is 16.7 Å². The van der Waals surface area contributed by atoms with Gasteiger partial charge in [0.2, 0.25) is 5.60 Å². The molecular weight excluding hydrogens is 278 g/mol. The molecule has 112 valence electrons. The average molecular weight is 293 g/mol. The molecule has 2 heterocycles. The van der Waals surface area contributed by atoms with Gasteiger partial charge >= 0.3 is 0 Å². The SMILES string of the molecule is N#C[C@@]1(c2ccc(/C(N)=N\C=N)[nH]2)O[C@H](CO)[C@@H](O)[C@H]1O. The van der Waals surface area contributed by atoms with Crippen LogP contribution in [0.5, 0.6) is 0 Å². The molecule has 2 rings (SSSR count). The molecule has 9 nitrogen and oxygen atoms in total. The first kappa shape index (κ1) is 15.1. The Balaban J connectivity index is 2.42. The highest BCUT2D eigenvalue weighted by Gasteiger charge is 2.56. The zero-order chi connectivity index (χ0) is 15.6. The summed E-state index contributed by atoms with van der Waals surface area (Å²) in [5, 5.41) is 45.2. The van der Waals surface area contributed by atoms with E-state index in [9.17, 15) is 15.5 Å². The minimum Gasteiger partial charge on any atom is -0.394 e. The first-order valence-electron chi connectivity index (χ1n) is 6.08. The first-order chi connectivity index (χ1) is 10.00. The van der Waals surface area contributed by atoms with E-state index in [1.54, 1.807) is 0 Å². The molecule has 1 saturated heterocycles. The zero-order valence-electron chi connectivity index (χ0n) is 10.9. The lowest BCUT2D eigenvalue weighted by Crippen LogP contribution is -2.40. The number of aromatic amines is 1. The fourth-order valence-corrected chi connectivity index (χ4v) is 2.24. The van der Waals surface area contributed by atoms with Crippen LogP contribution >= 0.6 is 0 Å². The molecule has 1 aromatic heterocycles. The molecular formula is C12H15N5O4. The Morgan fingerprint density at radius 1 is 1.62 bits per heavy atom. The average Bonchev–Trinajstić information content (AvgIpc) is 3.06. The van der Waals surface area contributed by atoms with Crippen molar-refractivity contribution in [1.29, 1.82) is 10.7 Å². The van der Waals surface area contributed by atoms with E-state index in [0.717, 1.165) is 6.34 Å². The maximum absolute atomic E-state index is 10.1. The second kappa shape index (κ2) is 5.63. The van der Waals surface area contributed by atoms with E-state index in [1.807, 2.05) is 6.07 Å². The number of hydrogen-bond acceptors (Lipinski definition) is 6. The lowest BCUT2D eigenvalue weighted by molar-refractivity contribution is -0.0632. The van der Waals surface area contributed by atoms with Crippen molar-refractivity contribution in [3.63, 3.8) is 0 Å². The Bertz CT molecular complexity index is 607. The maximum atomic E-state index is 10.1. The quantitative estimate of drug-likeness (QED) is 0.281. The summed E-state index contributed by atoms with van der Waals surface area (Å²) in [6.45, 7) is -0.535. The summed E-state index contributed by atoms with van der Waals surface area (Å²) in [7, 11) is 0. The summed E-state index contributed by atoms with van der Waals surface area (Å²) in [4.78, 5) is 6.35. The van der Waals surface area contributed by atoms with Gasteiger partial charge in [0.1, 0.15) is 36.6 Å². The number of nitriles is 1. The van der Waals surface area contributed by atoms with Crippen LogP contribution in [-0.4, -0.2) is 57.4 Å². The topological polar surface area (TPSA) is 172 Å². The zero-order valence-corrected chi connectivity index (χ0v) is 10.9. The third-order valence-electron chi connectivity index (χ3n) is 3.37. The minimum atomic E-state index is -1.84. The molecule has 21 heavy (non-hydrogen) atoms. The molecule has 0 aliphatic carbocycles. The fourth-order valence-electron chi connectivity index (χ4n) is 2.24. The van der Waals surface area contributed by atoms with Crippen LogP contribution in [0.1, 0.15) is 11.4 Å². The fraction of sp³-hybridized carbons (Fsp3) is 0.417. The minimum absolute atomic E-state index is 0.0242. The van der Waals surface area contributed by atoms with Gasteiger partial charge in [0.25, 0.3) is 0 Å². The Labute approximate surface area is 119 Å². The van der Waals surface area contributed by atoms with E-state index in [0.29, 0.717) is 5.69 Å². The van der Waals surface area contributed by atoms with Crippen LogP contribution in [0.2, 0.25) is 0 Å². The Morgan fingerprint density at radius 3 is 2.86 bits per heavy atom. The smallest absolute Gasteiger partial charge is 0.223 e. The van der Waals surface area contributed by atoms with Gasteiger partial charge in [0.15, 0.2) is 0 Å². The lowest BCUT2D eigenvalue weighted by atomic mass is 9.93. The third kappa shape index (κ3) is 2.30. The molecule has 0 saturated carbocycles. The molecule has 1 aromatic rings. The number of aliphatic imine (C=N–C) groups is 1. The predicted molar refractivity (Wildman–Crippen MR) is 71.6 cm³/mol. The second-order valence-corrected chi connectivity index (χ2v) is 4.55. The number of nitrogens with two attached hydrogens (primary N) is 1. The lowest BCUT2D eigenvalue weighted by Gasteiger charge is -2.23. The van der Waals surface area contributed by atoms with Crippen molar-refractivity contribution in [2.45, 2.75) is 23.9 Å². The number of amidine groups is 1. The number of nitrogens with one attached hydrogen (secondary N) is 2. The number of ether oxygens (including phenoxy) is 1. The van der Waals surface area contributed by atoms with Gasteiger partial charge in [-0.05, 0) is 12.1 Å². The molecule has 0 aromatic carbocycles. The highest BCUT2D eigenvalue weighted by atomic mass is 16.6. The Kier molecular flexibility index (Phi) is 4.06. The van der Waals surface area contributed by atoms with Crippen LogP contribution in [0.25, 0.3) is 0 Å². The number of nitrogens with zero attached hydrogens (tertiary/aromatic N) is 2. The summed E-state index contributed by atoms with van der Waals surface area (Å²) in [5.41, 5.74) is 4.28. The molecule has 1 aliphatic rings. The number of H-pyrrole nitrogens is 1. The van der Waals surface area contributed by atoms with Crippen molar-refractivity contribution in [2.24, 2.45) is 10.7 Å². The van der Waals surface area contributed by atoms with E-state index < -0.39 is 30.5 Å². The summed E-state index contributed by atoms with van der Waals surface area (Å²) in [6.07, 6.45) is -3.23. The van der Waals surface area contributed by atoms with Gasteiger partial charge in [-0.15, -0.1) is 0 Å². The monoisotopic (exact) mass is 293 g/mol. The number of rotatable bonds is 4. The van der Waals surface area contributed by atoms with Crippen molar-refractivity contribution in [2.75, 3.05) is 6.61 Å². The summed E-state index contributed by atoms with van der Waals surface area (Å²) >= 11 is 0. The van der Waals surface area contributed by atoms with Crippen molar-refractivity contribution < 1.29 is 20.1 Å². The Morgan fingerprint density at radius 2 is 2.33 bits per heavy atom. The second-order valence-electron chi connectivity index (χ2n) is 4.55. The van der Waals surface area contributed by atoms with Gasteiger partial charge in [0, 0.05) is 0 Å². The van der Waals surface area contributed by atoms with Crippen LogP contribution in [-0.2, 0) is 10.3 Å². The van der Waals surface area contributed by atoms with Gasteiger partial charge in [-0.2, -0.15) is 5.26 Å². The van der Waals surface area contributed by atoms with Gasteiger partial charge in [-0.25, -0.2) is 4.99 Å². The van der Waals surface area contributed by atoms with Crippen molar-refractivity contribution in [1.82, 2.24) is 4.98 Å². The largest absolute Gasteiger partial charge is 0.394 e. The molecule has 1 aliphatic heterocycles. The molecule has 0 radical (unpaired) electrons. The number of aromatic nitrogens is 1. The molecule has 7 N–H and O–H groups in total. The first-order valence-corrected chi connectivity index (χ1v) is 6.08. The highest BCUT2D eigenvalue weighted by molar-refractivity contribution is 5.99. The molecule has 1 fully saturated rings.